The fraction of sp³-hybridized carbons (Fsp3) is 0.237. The Labute approximate surface area is 289 Å². The average Bonchev–Trinajstić information content (AvgIpc) is 3.04. The van der Waals surface area contributed by atoms with Crippen LogP contribution in [-0.2, 0) is 37.4 Å². The number of hydrogen-bond donors (Lipinski definition) is 0. The van der Waals surface area contributed by atoms with E-state index in [1.165, 1.54) is 6.07 Å². The van der Waals surface area contributed by atoms with Crippen LogP contribution in [0.15, 0.2) is 97.6 Å². The van der Waals surface area contributed by atoms with Gasteiger partial charge in [0.2, 0.25) is 12.2 Å². The normalized spacial score (nSPS) is 11.8. The first kappa shape index (κ1) is 38.2. The minimum Gasteiger partial charge on any atom is -0.457 e. The van der Waals surface area contributed by atoms with Gasteiger partial charge in [-0.1, -0.05) is 60.7 Å². The maximum Gasteiger partial charge on any atom is 0.411 e. The fourth-order valence-electron chi connectivity index (χ4n) is 5.39. The van der Waals surface area contributed by atoms with Gasteiger partial charge in [0, 0.05) is 6.08 Å². The van der Waals surface area contributed by atoms with E-state index in [1.54, 1.807) is 38.1 Å². The van der Waals surface area contributed by atoms with Crippen LogP contribution >= 0.6 is 0 Å². The highest BCUT2D eigenvalue weighted by Gasteiger charge is 2.72. The van der Waals surface area contributed by atoms with Crippen molar-refractivity contribution in [2.24, 2.45) is 0 Å². The summed E-state index contributed by atoms with van der Waals surface area (Å²) in [6.07, 6.45) is -11.2. The largest absolute Gasteiger partial charge is 0.457 e. The molecular weight excluding hydrogens is 682 g/mol. The predicted molar refractivity (Wildman–Crippen MR) is 173 cm³/mol. The molecule has 0 aliphatic rings. The number of benzene rings is 4. The molecular formula is C38H32F6O7. The summed E-state index contributed by atoms with van der Waals surface area (Å²) in [5.41, 5.74) is -3.27. The second-order valence-corrected chi connectivity index (χ2v) is 11.5. The number of carbonyl (C=O) groups is 3. The number of aryl methyl sites for hydroxylation is 3. The quantitative estimate of drug-likeness (QED) is 0.0479. The molecule has 13 heteroatoms. The van der Waals surface area contributed by atoms with Crippen molar-refractivity contribution in [2.45, 2.75) is 51.4 Å². The van der Waals surface area contributed by atoms with Crippen molar-refractivity contribution in [3.05, 3.63) is 137 Å². The van der Waals surface area contributed by atoms with Gasteiger partial charge in [0.05, 0.1) is 12.8 Å². The van der Waals surface area contributed by atoms with Gasteiger partial charge in [-0.25, -0.2) is 4.79 Å². The van der Waals surface area contributed by atoms with Crippen LogP contribution in [0.2, 0.25) is 0 Å². The van der Waals surface area contributed by atoms with E-state index in [0.717, 1.165) is 41.5 Å². The lowest BCUT2D eigenvalue weighted by molar-refractivity contribution is -0.288. The lowest BCUT2D eigenvalue weighted by Gasteiger charge is -2.38. The number of hydrogen-bond acceptors (Lipinski definition) is 7. The minimum atomic E-state index is -5.87. The van der Waals surface area contributed by atoms with Crippen molar-refractivity contribution in [1.82, 2.24) is 0 Å². The van der Waals surface area contributed by atoms with Crippen LogP contribution in [0.5, 0.6) is 17.2 Å². The zero-order chi connectivity index (χ0) is 37.6. The van der Waals surface area contributed by atoms with E-state index in [2.05, 4.69) is 6.58 Å². The van der Waals surface area contributed by atoms with E-state index < -0.39 is 46.8 Å². The lowest BCUT2D eigenvalue weighted by Crippen LogP contribution is -2.54. The molecule has 4 aromatic carbocycles. The third-order valence-electron chi connectivity index (χ3n) is 7.96. The Bertz CT molecular complexity index is 1880. The van der Waals surface area contributed by atoms with Gasteiger partial charge in [0.15, 0.2) is 0 Å². The maximum atomic E-state index is 14.7. The lowest BCUT2D eigenvalue weighted by atomic mass is 9.73. The number of esters is 3. The third-order valence-corrected chi connectivity index (χ3v) is 7.96. The van der Waals surface area contributed by atoms with Crippen molar-refractivity contribution >= 4 is 17.9 Å². The van der Waals surface area contributed by atoms with Crippen molar-refractivity contribution in [3.8, 4) is 17.2 Å². The molecule has 0 aliphatic heterocycles. The second-order valence-electron chi connectivity index (χ2n) is 11.5. The Balaban J connectivity index is 1.51. The highest BCUT2D eigenvalue weighted by molar-refractivity contribution is 5.81. The summed E-state index contributed by atoms with van der Waals surface area (Å²) in [6, 6.07) is 15.8. The van der Waals surface area contributed by atoms with E-state index in [1.807, 2.05) is 13.0 Å². The number of halogens is 6. The van der Waals surface area contributed by atoms with Crippen molar-refractivity contribution < 1.29 is 59.7 Å². The molecule has 0 bridgehead atoms. The van der Waals surface area contributed by atoms with Gasteiger partial charge in [-0.15, -0.1) is 0 Å². The van der Waals surface area contributed by atoms with Gasteiger partial charge in [0.25, 0.3) is 0 Å². The van der Waals surface area contributed by atoms with Gasteiger partial charge < -0.3 is 18.9 Å². The van der Waals surface area contributed by atoms with Crippen LogP contribution in [0.1, 0.15) is 38.9 Å². The molecule has 0 N–H and O–H groups in total. The molecule has 0 unspecified atom stereocenters. The van der Waals surface area contributed by atoms with E-state index in [4.69, 9.17) is 18.9 Å². The molecule has 0 aromatic heterocycles. The molecule has 4 rings (SSSR count). The molecule has 0 amide bonds. The molecule has 0 aliphatic carbocycles. The standard InChI is InChI=1S/C38H32F6O7/c1-5-33(45)49-22-48-32-13-8-27(25(4)19-32)21-35(47)51-31-16-11-29(12-17-31)36(37(39,40)41,38(42,43)44)28-9-14-30(15-10-28)50-34(46)20-26-7-6-23(2)18-24(26)3/h5-19H,1,20-22H2,2-4H3. The molecule has 0 atom stereocenters. The van der Waals surface area contributed by atoms with Crippen LogP contribution in [0.25, 0.3) is 0 Å². The first-order chi connectivity index (χ1) is 23.9. The zero-order valence-electron chi connectivity index (χ0n) is 27.6. The molecule has 4 aromatic rings. The van der Waals surface area contributed by atoms with E-state index >= 15 is 0 Å². The van der Waals surface area contributed by atoms with E-state index in [9.17, 15) is 40.7 Å². The van der Waals surface area contributed by atoms with Crippen LogP contribution in [0.3, 0.4) is 0 Å². The fourth-order valence-corrected chi connectivity index (χ4v) is 5.39. The van der Waals surface area contributed by atoms with Gasteiger partial charge in [-0.3, -0.25) is 9.59 Å². The second kappa shape index (κ2) is 15.5. The molecule has 0 spiro atoms. The van der Waals surface area contributed by atoms with Crippen LogP contribution in [0.4, 0.5) is 26.3 Å². The summed E-state index contributed by atoms with van der Waals surface area (Å²) in [7, 11) is 0. The van der Waals surface area contributed by atoms with E-state index in [-0.39, 0.29) is 31.1 Å². The Hall–Kier alpha value is -5.59. The van der Waals surface area contributed by atoms with Crippen molar-refractivity contribution in [2.75, 3.05) is 6.79 Å². The maximum absolute atomic E-state index is 14.7. The Morgan fingerprint density at radius 1 is 0.627 bits per heavy atom. The molecule has 0 fully saturated rings. The third kappa shape index (κ3) is 8.96. The van der Waals surface area contributed by atoms with Crippen LogP contribution < -0.4 is 14.2 Å². The van der Waals surface area contributed by atoms with Gasteiger partial charge in [0.1, 0.15) is 17.2 Å². The molecule has 7 nitrogen and oxygen atoms in total. The highest BCUT2D eigenvalue weighted by Crippen LogP contribution is 2.56. The zero-order valence-corrected chi connectivity index (χ0v) is 27.6. The Morgan fingerprint density at radius 3 is 1.47 bits per heavy atom. The van der Waals surface area contributed by atoms with Crippen LogP contribution in [0, 0.1) is 20.8 Å². The average molecular weight is 715 g/mol. The van der Waals surface area contributed by atoms with Gasteiger partial charge in [-0.05, 0) is 90.6 Å². The molecule has 268 valence electrons. The number of ether oxygens (including phenoxy) is 4. The summed E-state index contributed by atoms with van der Waals surface area (Å²) in [5.74, 6) is -2.45. The summed E-state index contributed by atoms with van der Waals surface area (Å²) in [6.45, 7) is 8.22. The summed E-state index contributed by atoms with van der Waals surface area (Å²) >= 11 is 0. The highest BCUT2D eigenvalue weighted by atomic mass is 19.4. The Kier molecular flexibility index (Phi) is 11.6. The van der Waals surface area contributed by atoms with Crippen molar-refractivity contribution in [3.63, 3.8) is 0 Å². The first-order valence-electron chi connectivity index (χ1n) is 15.3. The van der Waals surface area contributed by atoms with Gasteiger partial charge in [-0.2, -0.15) is 26.3 Å². The van der Waals surface area contributed by atoms with E-state index in [0.29, 0.717) is 46.7 Å². The van der Waals surface area contributed by atoms with Gasteiger partial charge >= 0.3 is 30.3 Å². The SMILES string of the molecule is C=CC(=O)OCOc1ccc(CC(=O)Oc2ccc(C(c3ccc(OC(=O)Cc4ccc(C)cc4C)cc3)(C(F)(F)F)C(F)(F)F)cc2)c(C)c1. The molecule has 0 radical (unpaired) electrons. The Morgan fingerprint density at radius 2 is 1.06 bits per heavy atom. The summed E-state index contributed by atoms with van der Waals surface area (Å²) < 4.78 is 109. The molecule has 0 heterocycles. The number of rotatable bonds is 12. The predicted octanol–water partition coefficient (Wildman–Crippen LogP) is 8.38. The van der Waals surface area contributed by atoms with Crippen LogP contribution in [-0.4, -0.2) is 37.1 Å². The smallest absolute Gasteiger partial charge is 0.411 e. The summed E-state index contributed by atoms with van der Waals surface area (Å²) in [4.78, 5) is 36.3. The van der Waals surface area contributed by atoms with Crippen molar-refractivity contribution in [1.29, 1.82) is 0 Å². The number of alkyl halides is 6. The summed E-state index contributed by atoms with van der Waals surface area (Å²) in [5, 5.41) is 0. The monoisotopic (exact) mass is 714 g/mol. The molecule has 0 saturated carbocycles. The molecule has 0 saturated heterocycles. The molecule has 51 heavy (non-hydrogen) atoms. The number of carbonyl (C=O) groups excluding carboxylic acids is 3. The first-order valence-corrected chi connectivity index (χ1v) is 15.3. The minimum absolute atomic E-state index is 0.155. The topological polar surface area (TPSA) is 88.1 Å².